The molecule has 2 saturated heterocycles. The quantitative estimate of drug-likeness (QED) is 0.864. The van der Waals surface area contributed by atoms with Crippen molar-refractivity contribution >= 4 is 16.8 Å². The molecule has 5 heteroatoms. The highest BCUT2D eigenvalue weighted by Crippen LogP contribution is 2.42. The Morgan fingerprint density at radius 2 is 2.29 bits per heavy atom. The van der Waals surface area contributed by atoms with Gasteiger partial charge in [-0.05, 0) is 38.4 Å². The number of aromatic nitrogens is 1. The van der Waals surface area contributed by atoms with Crippen LogP contribution in [0.5, 0.6) is 0 Å². The number of benzene rings is 1. The molecule has 4 rings (SSSR count). The molecule has 0 unspecified atom stereocenters. The molecule has 0 bridgehead atoms. The third-order valence-corrected chi connectivity index (χ3v) is 5.29. The minimum Gasteiger partial charge on any atom is -0.380 e. The minimum absolute atomic E-state index is 0.0809. The van der Waals surface area contributed by atoms with Crippen molar-refractivity contribution in [1.82, 2.24) is 14.8 Å². The number of amides is 1. The van der Waals surface area contributed by atoms with Crippen molar-refractivity contribution < 1.29 is 9.53 Å². The number of likely N-dealkylation sites (tertiary alicyclic amines) is 1. The van der Waals surface area contributed by atoms with Gasteiger partial charge in [0.15, 0.2) is 0 Å². The molecule has 0 saturated carbocycles. The maximum Gasteiger partial charge on any atom is 0.253 e. The average Bonchev–Trinajstić information content (AvgIpc) is 3.09. The first-order valence-electron chi connectivity index (χ1n) is 8.44. The van der Waals surface area contributed by atoms with E-state index in [0.29, 0.717) is 5.92 Å². The molecule has 0 radical (unpaired) electrons. The zero-order chi connectivity index (χ0) is 16.7. The molecule has 2 aliphatic heterocycles. The Hall–Kier alpha value is -1.98. The van der Waals surface area contributed by atoms with Crippen molar-refractivity contribution in [3.05, 3.63) is 42.1 Å². The molecule has 126 valence electrons. The van der Waals surface area contributed by atoms with Gasteiger partial charge < -0.3 is 14.5 Å². The Kier molecular flexibility index (Phi) is 3.77. The van der Waals surface area contributed by atoms with Crippen molar-refractivity contribution in [2.24, 2.45) is 11.3 Å². The SMILES string of the molecule is CN(C)C[C@@]12COC[C@H]1CN(C(=O)c1ccc3ncccc3c1)C2. The highest BCUT2D eigenvalue weighted by atomic mass is 16.5. The number of ether oxygens (including phenoxy) is 1. The molecular formula is C19H23N3O2. The number of pyridine rings is 1. The zero-order valence-electron chi connectivity index (χ0n) is 14.2. The summed E-state index contributed by atoms with van der Waals surface area (Å²) in [5, 5.41) is 1.01. The fourth-order valence-corrected chi connectivity index (χ4v) is 4.23. The number of nitrogens with zero attached hydrogens (tertiary/aromatic N) is 3. The third kappa shape index (κ3) is 2.58. The van der Waals surface area contributed by atoms with Gasteiger partial charge in [-0.1, -0.05) is 6.07 Å². The first-order chi connectivity index (χ1) is 11.6. The molecule has 0 spiro atoms. The topological polar surface area (TPSA) is 45.7 Å². The van der Waals surface area contributed by atoms with Crippen LogP contribution in [-0.4, -0.2) is 67.6 Å². The van der Waals surface area contributed by atoms with E-state index in [1.54, 1.807) is 6.20 Å². The second-order valence-corrected chi connectivity index (χ2v) is 7.41. The van der Waals surface area contributed by atoms with Crippen molar-refractivity contribution in [2.45, 2.75) is 0 Å². The van der Waals surface area contributed by atoms with Crippen LogP contribution in [0.3, 0.4) is 0 Å². The second-order valence-electron chi connectivity index (χ2n) is 7.41. The molecule has 2 fully saturated rings. The van der Waals surface area contributed by atoms with Crippen LogP contribution in [0.4, 0.5) is 0 Å². The van der Waals surface area contributed by atoms with Crippen LogP contribution in [0.1, 0.15) is 10.4 Å². The van der Waals surface area contributed by atoms with Crippen LogP contribution >= 0.6 is 0 Å². The standard InChI is InChI=1S/C19H23N3O2/c1-21(2)11-19-12-22(9-16(19)10-24-13-19)18(23)15-5-6-17-14(8-15)4-3-7-20-17/h3-8,16H,9-13H2,1-2H3/t16-,19-/m1/s1. The van der Waals surface area contributed by atoms with Crippen molar-refractivity contribution in [1.29, 1.82) is 0 Å². The molecule has 1 aromatic carbocycles. The Balaban J connectivity index is 1.58. The number of fused-ring (bicyclic) bond motifs is 2. The molecule has 5 nitrogen and oxygen atoms in total. The maximum absolute atomic E-state index is 13.0. The van der Waals surface area contributed by atoms with E-state index in [1.165, 1.54) is 0 Å². The van der Waals surface area contributed by atoms with E-state index in [1.807, 2.05) is 35.2 Å². The summed E-state index contributed by atoms with van der Waals surface area (Å²) in [6.07, 6.45) is 1.77. The van der Waals surface area contributed by atoms with Crippen LogP contribution in [-0.2, 0) is 4.74 Å². The molecule has 3 heterocycles. The minimum atomic E-state index is 0.0809. The van der Waals surface area contributed by atoms with E-state index in [2.05, 4.69) is 24.0 Å². The van der Waals surface area contributed by atoms with Crippen molar-refractivity contribution in [3.8, 4) is 0 Å². The molecular weight excluding hydrogens is 302 g/mol. The highest BCUT2D eigenvalue weighted by molar-refractivity contribution is 5.98. The highest BCUT2D eigenvalue weighted by Gasteiger charge is 2.51. The van der Waals surface area contributed by atoms with Gasteiger partial charge in [-0.3, -0.25) is 9.78 Å². The second kappa shape index (κ2) is 5.83. The van der Waals surface area contributed by atoms with E-state index in [0.717, 1.165) is 49.3 Å². The Morgan fingerprint density at radius 1 is 1.42 bits per heavy atom. The lowest BCUT2D eigenvalue weighted by Gasteiger charge is -2.30. The van der Waals surface area contributed by atoms with Crippen LogP contribution in [0.25, 0.3) is 10.9 Å². The van der Waals surface area contributed by atoms with Crippen LogP contribution in [0.2, 0.25) is 0 Å². The predicted molar refractivity (Wildman–Crippen MR) is 92.9 cm³/mol. The number of carbonyl (C=O) groups is 1. The predicted octanol–water partition coefficient (Wildman–Crippen LogP) is 1.88. The average molecular weight is 325 g/mol. The lowest BCUT2D eigenvalue weighted by Crippen LogP contribution is -2.41. The summed E-state index contributed by atoms with van der Waals surface area (Å²) in [6, 6.07) is 9.67. The van der Waals surface area contributed by atoms with Gasteiger partial charge in [0, 0.05) is 48.1 Å². The summed E-state index contributed by atoms with van der Waals surface area (Å²) in [7, 11) is 4.18. The fraction of sp³-hybridized carbons (Fsp3) is 0.474. The largest absolute Gasteiger partial charge is 0.380 e. The Bertz CT molecular complexity index is 776. The summed E-state index contributed by atoms with van der Waals surface area (Å²) in [4.78, 5) is 21.5. The molecule has 2 aliphatic rings. The van der Waals surface area contributed by atoms with Gasteiger partial charge in [0.25, 0.3) is 5.91 Å². The monoisotopic (exact) mass is 325 g/mol. The summed E-state index contributed by atoms with van der Waals surface area (Å²) in [6.45, 7) is 4.04. The number of hydrogen-bond donors (Lipinski definition) is 0. The van der Waals surface area contributed by atoms with E-state index in [-0.39, 0.29) is 11.3 Å². The summed E-state index contributed by atoms with van der Waals surface area (Å²) in [5.41, 5.74) is 1.75. The normalized spacial score (nSPS) is 26.3. The summed E-state index contributed by atoms with van der Waals surface area (Å²) >= 11 is 0. The smallest absolute Gasteiger partial charge is 0.253 e. The van der Waals surface area contributed by atoms with Crippen LogP contribution in [0, 0.1) is 11.3 Å². The van der Waals surface area contributed by atoms with E-state index >= 15 is 0 Å². The molecule has 1 amide bonds. The number of hydrogen-bond acceptors (Lipinski definition) is 4. The van der Waals surface area contributed by atoms with Crippen LogP contribution in [0.15, 0.2) is 36.5 Å². The fourth-order valence-electron chi connectivity index (χ4n) is 4.23. The van der Waals surface area contributed by atoms with Gasteiger partial charge >= 0.3 is 0 Å². The van der Waals surface area contributed by atoms with E-state index in [4.69, 9.17) is 4.74 Å². The van der Waals surface area contributed by atoms with Gasteiger partial charge in [0.2, 0.25) is 0 Å². The Labute approximate surface area is 142 Å². The molecule has 24 heavy (non-hydrogen) atoms. The van der Waals surface area contributed by atoms with Gasteiger partial charge in [-0.25, -0.2) is 0 Å². The molecule has 2 aromatic rings. The molecule has 2 atom stereocenters. The maximum atomic E-state index is 13.0. The first kappa shape index (κ1) is 15.5. The number of carbonyl (C=O) groups excluding carboxylic acids is 1. The Morgan fingerprint density at radius 3 is 3.12 bits per heavy atom. The van der Waals surface area contributed by atoms with E-state index in [9.17, 15) is 4.79 Å². The summed E-state index contributed by atoms with van der Waals surface area (Å²) in [5.74, 6) is 0.555. The third-order valence-electron chi connectivity index (χ3n) is 5.29. The van der Waals surface area contributed by atoms with Crippen molar-refractivity contribution in [3.63, 3.8) is 0 Å². The van der Waals surface area contributed by atoms with Gasteiger partial charge in [0.1, 0.15) is 0 Å². The molecule has 1 aromatic heterocycles. The van der Waals surface area contributed by atoms with Crippen molar-refractivity contribution in [2.75, 3.05) is 46.9 Å². The molecule has 0 aliphatic carbocycles. The first-order valence-corrected chi connectivity index (χ1v) is 8.44. The lowest BCUT2D eigenvalue weighted by atomic mass is 9.81. The molecule has 0 N–H and O–H groups in total. The summed E-state index contributed by atoms with van der Waals surface area (Å²) < 4.78 is 5.73. The van der Waals surface area contributed by atoms with Gasteiger partial charge in [-0.2, -0.15) is 0 Å². The van der Waals surface area contributed by atoms with Gasteiger partial charge in [-0.15, -0.1) is 0 Å². The number of rotatable bonds is 3. The van der Waals surface area contributed by atoms with Crippen LogP contribution < -0.4 is 0 Å². The van der Waals surface area contributed by atoms with E-state index < -0.39 is 0 Å². The lowest BCUT2D eigenvalue weighted by molar-refractivity contribution is 0.0697. The zero-order valence-corrected chi connectivity index (χ0v) is 14.2. The van der Waals surface area contributed by atoms with Gasteiger partial charge in [0.05, 0.1) is 18.7 Å².